The van der Waals surface area contributed by atoms with Crippen LogP contribution in [0.15, 0.2) is 48.5 Å². The normalized spacial score (nSPS) is 14.9. The van der Waals surface area contributed by atoms with Crippen molar-refractivity contribution in [1.82, 2.24) is 10.2 Å². The van der Waals surface area contributed by atoms with Crippen LogP contribution in [0.4, 0.5) is 8.78 Å². The number of nitrogens with one attached hydrogen (secondary N) is 1. The van der Waals surface area contributed by atoms with Crippen LogP contribution in [0.2, 0.25) is 0 Å². The topological polar surface area (TPSA) is 41.6 Å². The molecular formula is C21H24F2N2O2. The van der Waals surface area contributed by atoms with Crippen LogP contribution in [0.3, 0.4) is 0 Å². The van der Waals surface area contributed by atoms with Crippen molar-refractivity contribution in [2.24, 2.45) is 0 Å². The minimum Gasteiger partial charge on any atom is -0.435 e. The molecule has 144 valence electrons. The molecule has 2 aromatic rings. The molecule has 0 radical (unpaired) electrons. The number of rotatable bonds is 7. The van der Waals surface area contributed by atoms with Crippen LogP contribution >= 0.6 is 0 Å². The molecule has 0 saturated carbocycles. The minimum atomic E-state index is -2.87. The number of carbonyl (C=O) groups excluding carboxylic acids is 1. The number of piperidine rings is 1. The molecular weight excluding hydrogens is 350 g/mol. The Morgan fingerprint density at radius 3 is 2.33 bits per heavy atom. The number of ether oxygens (including phenoxy) is 1. The smallest absolute Gasteiger partial charge is 0.387 e. The molecule has 1 N–H and O–H groups in total. The highest BCUT2D eigenvalue weighted by Gasteiger charge is 2.13. The summed E-state index contributed by atoms with van der Waals surface area (Å²) in [6, 6.07) is 13.8. The molecule has 0 unspecified atom stereocenters. The molecule has 1 aliphatic rings. The Bertz CT molecular complexity index is 744. The van der Waals surface area contributed by atoms with Crippen molar-refractivity contribution in [2.75, 3.05) is 13.1 Å². The second-order valence-electron chi connectivity index (χ2n) is 6.69. The summed E-state index contributed by atoms with van der Waals surface area (Å²) in [5.41, 5.74) is 2.72. The zero-order valence-corrected chi connectivity index (χ0v) is 15.2. The van der Waals surface area contributed by atoms with E-state index < -0.39 is 6.61 Å². The molecule has 0 bridgehead atoms. The van der Waals surface area contributed by atoms with E-state index >= 15 is 0 Å². The van der Waals surface area contributed by atoms with Crippen molar-refractivity contribution < 1.29 is 18.3 Å². The lowest BCUT2D eigenvalue weighted by atomic mass is 10.0. The van der Waals surface area contributed by atoms with E-state index in [1.807, 2.05) is 18.2 Å². The Kier molecular flexibility index (Phi) is 6.76. The molecule has 0 aromatic heterocycles. The number of likely N-dealkylation sites (tertiary alicyclic amines) is 1. The Labute approximate surface area is 158 Å². The standard InChI is InChI=1S/C21H24F2N2O2/c22-21(23)27-19-10-8-16(9-11-19)20(26)24-14-17-6-2-3-7-18(17)15-25-12-4-1-5-13-25/h2-3,6-11,21H,1,4-5,12-15H2,(H,24,26). The van der Waals surface area contributed by atoms with E-state index in [0.717, 1.165) is 25.2 Å². The number of hydrogen-bond acceptors (Lipinski definition) is 3. The number of nitrogens with zero attached hydrogens (tertiary/aromatic N) is 1. The van der Waals surface area contributed by atoms with Gasteiger partial charge in [0.05, 0.1) is 0 Å². The molecule has 1 fully saturated rings. The fourth-order valence-electron chi connectivity index (χ4n) is 3.31. The summed E-state index contributed by atoms with van der Waals surface area (Å²) < 4.78 is 28.7. The first kappa shape index (κ1) is 19.3. The summed E-state index contributed by atoms with van der Waals surface area (Å²) in [6.07, 6.45) is 3.78. The fourth-order valence-corrected chi connectivity index (χ4v) is 3.31. The summed E-state index contributed by atoms with van der Waals surface area (Å²) in [4.78, 5) is 14.8. The number of amides is 1. The number of benzene rings is 2. The third-order valence-corrected chi connectivity index (χ3v) is 4.74. The number of alkyl halides is 2. The van der Waals surface area contributed by atoms with Gasteiger partial charge in [-0.3, -0.25) is 9.69 Å². The van der Waals surface area contributed by atoms with Crippen molar-refractivity contribution in [3.05, 3.63) is 65.2 Å². The van der Waals surface area contributed by atoms with Crippen LogP contribution in [0.5, 0.6) is 5.75 Å². The monoisotopic (exact) mass is 374 g/mol. The molecule has 1 saturated heterocycles. The highest BCUT2D eigenvalue weighted by atomic mass is 19.3. The van der Waals surface area contributed by atoms with Gasteiger partial charge in [0, 0.05) is 18.7 Å². The zero-order valence-electron chi connectivity index (χ0n) is 15.2. The quantitative estimate of drug-likeness (QED) is 0.790. The summed E-state index contributed by atoms with van der Waals surface area (Å²) in [7, 11) is 0. The first-order valence-electron chi connectivity index (χ1n) is 9.24. The average molecular weight is 374 g/mol. The average Bonchev–Trinajstić information content (AvgIpc) is 2.68. The highest BCUT2D eigenvalue weighted by Crippen LogP contribution is 2.17. The summed E-state index contributed by atoms with van der Waals surface area (Å²) >= 11 is 0. The van der Waals surface area contributed by atoms with E-state index in [9.17, 15) is 13.6 Å². The van der Waals surface area contributed by atoms with Gasteiger partial charge < -0.3 is 10.1 Å². The van der Waals surface area contributed by atoms with Gasteiger partial charge in [-0.25, -0.2) is 0 Å². The third kappa shape index (κ3) is 5.76. The van der Waals surface area contributed by atoms with Crippen LogP contribution in [0, 0.1) is 0 Å². The zero-order chi connectivity index (χ0) is 19.1. The van der Waals surface area contributed by atoms with Gasteiger partial charge in [0.2, 0.25) is 0 Å². The summed E-state index contributed by atoms with van der Waals surface area (Å²) in [5.74, 6) is -0.209. The van der Waals surface area contributed by atoms with Crippen molar-refractivity contribution in [1.29, 1.82) is 0 Å². The fraction of sp³-hybridized carbons (Fsp3) is 0.381. The van der Waals surface area contributed by atoms with E-state index in [2.05, 4.69) is 21.0 Å². The molecule has 0 spiro atoms. The maximum Gasteiger partial charge on any atom is 0.387 e. The molecule has 3 rings (SSSR count). The van der Waals surface area contributed by atoms with Crippen LogP contribution in [0.25, 0.3) is 0 Å². The Morgan fingerprint density at radius 1 is 1.00 bits per heavy atom. The summed E-state index contributed by atoms with van der Waals surface area (Å²) in [6.45, 7) is 0.687. The molecule has 1 aliphatic heterocycles. The molecule has 0 aliphatic carbocycles. The predicted molar refractivity (Wildman–Crippen MR) is 99.8 cm³/mol. The van der Waals surface area contributed by atoms with Crippen LogP contribution < -0.4 is 10.1 Å². The number of halogens is 2. The number of hydrogen-bond donors (Lipinski definition) is 1. The molecule has 1 heterocycles. The van der Waals surface area contributed by atoms with Gasteiger partial charge in [0.1, 0.15) is 5.75 Å². The Hall–Kier alpha value is -2.47. The van der Waals surface area contributed by atoms with Gasteiger partial charge >= 0.3 is 6.61 Å². The van der Waals surface area contributed by atoms with Gasteiger partial charge in [-0.05, 0) is 61.3 Å². The second-order valence-corrected chi connectivity index (χ2v) is 6.69. The van der Waals surface area contributed by atoms with Crippen molar-refractivity contribution in [3.63, 3.8) is 0 Å². The minimum absolute atomic E-state index is 0.0356. The van der Waals surface area contributed by atoms with E-state index in [4.69, 9.17) is 0 Å². The summed E-state index contributed by atoms with van der Waals surface area (Å²) in [5, 5.41) is 2.91. The molecule has 27 heavy (non-hydrogen) atoms. The van der Waals surface area contributed by atoms with Gasteiger partial charge in [-0.2, -0.15) is 8.78 Å². The second kappa shape index (κ2) is 9.46. The molecule has 0 atom stereocenters. The van der Waals surface area contributed by atoms with Gasteiger partial charge in [-0.15, -0.1) is 0 Å². The van der Waals surface area contributed by atoms with E-state index in [0.29, 0.717) is 12.1 Å². The van der Waals surface area contributed by atoms with Crippen LogP contribution in [-0.2, 0) is 13.1 Å². The largest absolute Gasteiger partial charge is 0.435 e. The van der Waals surface area contributed by atoms with Crippen molar-refractivity contribution >= 4 is 5.91 Å². The van der Waals surface area contributed by atoms with Crippen LogP contribution in [-0.4, -0.2) is 30.5 Å². The van der Waals surface area contributed by atoms with Crippen molar-refractivity contribution in [3.8, 4) is 5.75 Å². The lowest BCUT2D eigenvalue weighted by molar-refractivity contribution is -0.0498. The highest BCUT2D eigenvalue weighted by molar-refractivity contribution is 5.94. The maximum absolute atomic E-state index is 12.3. The molecule has 4 nitrogen and oxygen atoms in total. The van der Waals surface area contributed by atoms with Gasteiger partial charge in [0.25, 0.3) is 5.91 Å². The maximum atomic E-state index is 12.3. The van der Waals surface area contributed by atoms with Gasteiger partial charge in [0.15, 0.2) is 0 Å². The van der Waals surface area contributed by atoms with E-state index in [1.165, 1.54) is 49.1 Å². The third-order valence-electron chi connectivity index (χ3n) is 4.74. The molecule has 2 aromatic carbocycles. The molecule has 6 heteroatoms. The molecule has 1 amide bonds. The van der Waals surface area contributed by atoms with Gasteiger partial charge in [-0.1, -0.05) is 30.7 Å². The van der Waals surface area contributed by atoms with Crippen molar-refractivity contribution in [2.45, 2.75) is 39.0 Å². The Balaban J connectivity index is 1.58. The number of carbonyl (C=O) groups is 1. The van der Waals surface area contributed by atoms with E-state index in [-0.39, 0.29) is 11.7 Å². The first-order valence-corrected chi connectivity index (χ1v) is 9.24. The lowest BCUT2D eigenvalue weighted by Crippen LogP contribution is -2.30. The van der Waals surface area contributed by atoms with Crippen LogP contribution in [0.1, 0.15) is 40.7 Å². The van der Waals surface area contributed by atoms with E-state index in [1.54, 1.807) is 0 Å². The SMILES string of the molecule is O=C(NCc1ccccc1CN1CCCCC1)c1ccc(OC(F)F)cc1. The lowest BCUT2D eigenvalue weighted by Gasteiger charge is -2.27. The Morgan fingerprint density at radius 2 is 1.67 bits per heavy atom. The predicted octanol–water partition coefficient (Wildman–Crippen LogP) is 4.20. The first-order chi connectivity index (χ1) is 13.1.